The van der Waals surface area contributed by atoms with Crippen LogP contribution >= 0.6 is 10.0 Å². The summed E-state index contributed by atoms with van der Waals surface area (Å²) in [6.07, 6.45) is 0. The first kappa shape index (κ1) is 26.9. The van der Waals surface area contributed by atoms with Gasteiger partial charge in [0.1, 0.15) is 0 Å². The van der Waals surface area contributed by atoms with E-state index in [-0.39, 0.29) is 6.85 Å². The Balaban J connectivity index is 1.33. The first-order valence-electron chi connectivity index (χ1n) is 17.4. The van der Waals surface area contributed by atoms with Gasteiger partial charge in [0.05, 0.1) is 17.1 Å². The molecule has 0 aliphatic carbocycles. The highest BCUT2D eigenvalue weighted by Crippen LogP contribution is 2.79. The summed E-state index contributed by atoms with van der Waals surface area (Å²) in [5, 5.41) is 5.20. The molecule has 0 amide bonds. The van der Waals surface area contributed by atoms with Crippen LogP contribution in [0.2, 0.25) is 0 Å². The monoisotopic (exact) mass is 652 g/mol. The molecular weight excluding hydrogens is 623 g/mol. The van der Waals surface area contributed by atoms with Crippen LogP contribution in [0.15, 0.2) is 196 Å². The second kappa shape index (κ2) is 9.59. The van der Waals surface area contributed by atoms with E-state index in [1.54, 1.807) is 0 Å². The van der Waals surface area contributed by atoms with Gasteiger partial charge in [0.2, 0.25) is 0 Å². The highest BCUT2D eigenvalue weighted by atomic mass is 32.3. The van der Waals surface area contributed by atoms with Gasteiger partial charge in [-0.3, -0.25) is 0 Å². The molecule has 50 heavy (non-hydrogen) atoms. The number of benzene rings is 8. The summed E-state index contributed by atoms with van der Waals surface area (Å²) >= 11 is 0. The van der Waals surface area contributed by atoms with E-state index in [0.29, 0.717) is 0 Å². The van der Waals surface area contributed by atoms with Crippen LogP contribution in [0.25, 0.3) is 43.7 Å². The topological polar surface area (TPSA) is 8.17 Å². The molecule has 0 fully saturated rings. The van der Waals surface area contributed by atoms with Crippen LogP contribution in [-0.2, 0) is 0 Å². The molecule has 4 heterocycles. The van der Waals surface area contributed by atoms with Crippen LogP contribution in [0.5, 0.6) is 0 Å². The van der Waals surface area contributed by atoms with Gasteiger partial charge in [-0.25, -0.2) is 0 Å². The molecule has 0 spiro atoms. The standard InChI is InChI=1S/C46H29BN2S/c1-3-16-31(17-4-1)50(32-18-5-2-6-19-32)41-27-12-11-26-40(41)48-45-33-20-8-7-15-30(33)29-37-36-23-13-22-35-34-21-9-10-25-39(34)49(44(35)36)47(43(37)45)38-24-14-28-42(50)46(38)48/h1-29H. The van der Waals surface area contributed by atoms with E-state index < -0.39 is 10.0 Å². The van der Waals surface area contributed by atoms with Gasteiger partial charge in [0, 0.05) is 52.3 Å². The molecule has 8 aromatic carbocycles. The molecule has 0 unspecified atom stereocenters. The zero-order valence-electron chi connectivity index (χ0n) is 27.1. The molecular formula is C46H29BN2S. The van der Waals surface area contributed by atoms with Gasteiger partial charge in [-0.05, 0) is 76.5 Å². The number of anilines is 3. The maximum Gasteiger partial charge on any atom is 0.333 e. The van der Waals surface area contributed by atoms with Crippen LogP contribution in [-0.4, -0.2) is 11.3 Å². The summed E-state index contributed by atoms with van der Waals surface area (Å²) in [5.41, 5.74) is 11.9. The van der Waals surface area contributed by atoms with Crippen molar-refractivity contribution in [1.29, 1.82) is 0 Å². The van der Waals surface area contributed by atoms with Gasteiger partial charge in [0.15, 0.2) is 0 Å². The number of rotatable bonds is 2. The lowest BCUT2D eigenvalue weighted by Gasteiger charge is -2.53. The minimum Gasteiger partial charge on any atom is -0.375 e. The quantitative estimate of drug-likeness (QED) is 0.169. The molecule has 4 heteroatoms. The number of nitrogens with zero attached hydrogens (tertiary/aromatic N) is 2. The van der Waals surface area contributed by atoms with E-state index in [1.807, 2.05) is 0 Å². The number of para-hydroxylation sites is 4. The van der Waals surface area contributed by atoms with Crippen molar-refractivity contribution in [2.75, 3.05) is 4.90 Å². The number of hydrogen-bond donors (Lipinski definition) is 0. The molecule has 0 N–H and O–H groups in total. The molecule has 3 aliphatic rings. The summed E-state index contributed by atoms with van der Waals surface area (Å²) in [6, 6.07) is 66.5. The van der Waals surface area contributed by atoms with Gasteiger partial charge in [-0.2, -0.15) is 0 Å². The van der Waals surface area contributed by atoms with Gasteiger partial charge < -0.3 is 9.38 Å². The van der Waals surface area contributed by atoms with Crippen molar-refractivity contribution in [2.45, 2.75) is 19.6 Å². The molecule has 0 saturated carbocycles. The zero-order chi connectivity index (χ0) is 32.6. The Hall–Kier alpha value is -5.97. The van der Waals surface area contributed by atoms with Crippen molar-refractivity contribution in [3.8, 4) is 11.1 Å². The third-order valence-corrected chi connectivity index (χ3v) is 15.3. The maximum atomic E-state index is 2.68. The second-order valence-corrected chi connectivity index (χ2v) is 16.7. The number of fused-ring (bicyclic) bond motifs is 11. The van der Waals surface area contributed by atoms with Crippen molar-refractivity contribution in [1.82, 2.24) is 4.48 Å². The van der Waals surface area contributed by atoms with Crippen LogP contribution in [0.1, 0.15) is 0 Å². The summed E-state index contributed by atoms with van der Waals surface area (Å²) in [5.74, 6) is 0. The molecule has 9 aromatic rings. The lowest BCUT2D eigenvalue weighted by molar-refractivity contribution is 1.12. The molecule has 1 aromatic heterocycles. The minimum atomic E-state index is -1.88. The largest absolute Gasteiger partial charge is 0.375 e. The van der Waals surface area contributed by atoms with Crippen LogP contribution in [0.4, 0.5) is 17.1 Å². The molecule has 2 nitrogen and oxygen atoms in total. The first-order valence-corrected chi connectivity index (χ1v) is 19.0. The zero-order valence-corrected chi connectivity index (χ0v) is 27.9. The van der Waals surface area contributed by atoms with Crippen LogP contribution in [0, 0.1) is 0 Å². The van der Waals surface area contributed by atoms with E-state index >= 15 is 0 Å². The Bertz CT molecular complexity index is 2850. The van der Waals surface area contributed by atoms with E-state index in [9.17, 15) is 0 Å². The van der Waals surface area contributed by atoms with Gasteiger partial charge >= 0.3 is 6.85 Å². The predicted molar refractivity (Wildman–Crippen MR) is 211 cm³/mol. The fraction of sp³-hybridized carbons (Fsp3) is 0. The minimum absolute atomic E-state index is 0.0158. The van der Waals surface area contributed by atoms with Gasteiger partial charge in [-0.15, -0.1) is 10.0 Å². The molecule has 12 rings (SSSR count). The second-order valence-electron chi connectivity index (χ2n) is 13.6. The van der Waals surface area contributed by atoms with Crippen LogP contribution in [0.3, 0.4) is 0 Å². The third kappa shape index (κ3) is 3.10. The van der Waals surface area contributed by atoms with Crippen molar-refractivity contribution in [3.63, 3.8) is 0 Å². The highest BCUT2D eigenvalue weighted by Gasteiger charge is 2.50. The fourth-order valence-electron chi connectivity index (χ4n) is 9.56. The lowest BCUT2D eigenvalue weighted by Crippen LogP contribution is -2.57. The SMILES string of the molecule is c1ccc(S2(c3ccccc3)c3ccccc3N3c4c(cccc42)B2c4c(cc5ccccc5c43)-c3cccc4c5ccccc5n2c34)cc1. The Morgan fingerprint density at radius 1 is 0.460 bits per heavy atom. The van der Waals surface area contributed by atoms with E-state index in [4.69, 9.17) is 0 Å². The molecule has 0 atom stereocenters. The maximum absolute atomic E-state index is 2.68. The van der Waals surface area contributed by atoms with Gasteiger partial charge in [0.25, 0.3) is 0 Å². The van der Waals surface area contributed by atoms with E-state index in [0.717, 1.165) is 0 Å². The van der Waals surface area contributed by atoms with Crippen molar-refractivity contribution in [2.24, 2.45) is 0 Å². The number of hydrogen-bond acceptors (Lipinski definition) is 1. The summed E-state index contributed by atoms with van der Waals surface area (Å²) in [4.78, 5) is 8.16. The van der Waals surface area contributed by atoms with E-state index in [1.165, 1.54) is 91.3 Å². The van der Waals surface area contributed by atoms with Crippen molar-refractivity contribution >= 4 is 77.4 Å². The molecule has 3 aliphatic heterocycles. The summed E-state index contributed by atoms with van der Waals surface area (Å²) < 4.78 is 2.68. The average Bonchev–Trinajstić information content (AvgIpc) is 3.53. The summed E-state index contributed by atoms with van der Waals surface area (Å²) in [7, 11) is -1.88. The summed E-state index contributed by atoms with van der Waals surface area (Å²) in [6.45, 7) is 0.0158. The first-order chi connectivity index (χ1) is 24.9. The van der Waals surface area contributed by atoms with E-state index in [2.05, 4.69) is 185 Å². The predicted octanol–water partition coefficient (Wildman–Crippen LogP) is 11.0. The normalized spacial score (nSPS) is 15.1. The lowest BCUT2D eigenvalue weighted by atomic mass is 9.45. The fourth-order valence-corrected chi connectivity index (χ4v) is 13.8. The van der Waals surface area contributed by atoms with Crippen molar-refractivity contribution < 1.29 is 0 Å². The average molecular weight is 653 g/mol. The molecule has 232 valence electrons. The van der Waals surface area contributed by atoms with Gasteiger partial charge in [-0.1, -0.05) is 121 Å². The number of aromatic nitrogens is 1. The Labute approximate surface area is 292 Å². The molecule has 0 radical (unpaired) electrons. The molecule has 0 saturated heterocycles. The molecule has 0 bridgehead atoms. The highest BCUT2D eigenvalue weighted by molar-refractivity contribution is 8.34. The Morgan fingerprint density at radius 2 is 1.10 bits per heavy atom. The third-order valence-electron chi connectivity index (χ3n) is 11.3. The van der Waals surface area contributed by atoms with Crippen molar-refractivity contribution in [3.05, 3.63) is 176 Å². The Kier molecular flexibility index (Phi) is 5.17. The Morgan fingerprint density at radius 3 is 1.92 bits per heavy atom. The van der Waals surface area contributed by atoms with Crippen LogP contribution < -0.4 is 15.8 Å². The smallest absolute Gasteiger partial charge is 0.333 e.